The van der Waals surface area contributed by atoms with Crippen LogP contribution in [0, 0.1) is 11.8 Å². The van der Waals surface area contributed by atoms with Gasteiger partial charge in [0.1, 0.15) is 24.9 Å². The van der Waals surface area contributed by atoms with Crippen LogP contribution in [0.15, 0.2) is 30.6 Å². The SMILES string of the molecule is CC(C)(O)c1ccc(-c2cnn3c(N(COCC[Si](C)(C)C)COCC[Si](C)(C)C)cc([C@H]4CC5CC[C@@H](C5)C4)nc23)cn1. The first-order valence-electron chi connectivity index (χ1n) is 16.6. The summed E-state index contributed by atoms with van der Waals surface area (Å²) in [7, 11) is -2.43. The Bertz CT molecular complexity index is 1360. The van der Waals surface area contributed by atoms with Crippen molar-refractivity contribution in [2.24, 2.45) is 11.8 Å². The summed E-state index contributed by atoms with van der Waals surface area (Å²) >= 11 is 0. The predicted octanol–water partition coefficient (Wildman–Crippen LogP) is 7.74. The van der Waals surface area contributed by atoms with Crippen molar-refractivity contribution in [1.82, 2.24) is 19.6 Å². The fraction of sp³-hybridized carbons (Fsp3) is 0.676. The average Bonchev–Trinajstić information content (AvgIpc) is 3.52. The molecule has 2 aliphatic rings. The number of rotatable bonds is 14. The third kappa shape index (κ3) is 8.57. The summed E-state index contributed by atoms with van der Waals surface area (Å²) in [4.78, 5) is 12.1. The van der Waals surface area contributed by atoms with Crippen molar-refractivity contribution in [2.45, 2.75) is 109 Å². The molecule has 2 fully saturated rings. The van der Waals surface area contributed by atoms with Gasteiger partial charge < -0.3 is 19.5 Å². The molecule has 44 heavy (non-hydrogen) atoms. The number of hydrogen-bond acceptors (Lipinski definition) is 7. The largest absolute Gasteiger partial charge is 0.384 e. The monoisotopic (exact) mass is 637 g/mol. The lowest BCUT2D eigenvalue weighted by Gasteiger charge is -2.30. The molecular weight excluding hydrogens is 583 g/mol. The highest BCUT2D eigenvalue weighted by molar-refractivity contribution is 6.76. The molecule has 1 unspecified atom stereocenters. The van der Waals surface area contributed by atoms with Crippen LogP contribution in [0.1, 0.15) is 63.3 Å². The van der Waals surface area contributed by atoms with Gasteiger partial charge in [0.15, 0.2) is 5.65 Å². The Hall–Kier alpha value is -2.12. The third-order valence-corrected chi connectivity index (χ3v) is 12.7. The van der Waals surface area contributed by atoms with Crippen LogP contribution in [-0.2, 0) is 15.1 Å². The zero-order valence-corrected chi connectivity index (χ0v) is 30.4. The Kier molecular flexibility index (Phi) is 10.1. The summed E-state index contributed by atoms with van der Waals surface area (Å²) < 4.78 is 14.6. The molecule has 2 aliphatic carbocycles. The van der Waals surface area contributed by atoms with E-state index in [1.165, 1.54) is 32.1 Å². The van der Waals surface area contributed by atoms with Gasteiger partial charge in [0, 0.05) is 64.4 Å². The maximum Gasteiger partial charge on any atom is 0.165 e. The van der Waals surface area contributed by atoms with Gasteiger partial charge in [0.2, 0.25) is 0 Å². The minimum absolute atomic E-state index is 0.447. The van der Waals surface area contributed by atoms with E-state index in [1.807, 2.05) is 29.0 Å². The molecular formula is C34H55N5O3Si2. The van der Waals surface area contributed by atoms with Crippen molar-refractivity contribution in [3.8, 4) is 11.1 Å². The van der Waals surface area contributed by atoms with Crippen LogP contribution in [0.2, 0.25) is 51.4 Å². The molecule has 3 aromatic rings. The average molecular weight is 638 g/mol. The van der Waals surface area contributed by atoms with Crippen LogP contribution < -0.4 is 4.90 Å². The molecule has 0 spiro atoms. The Morgan fingerprint density at radius 1 is 0.909 bits per heavy atom. The highest BCUT2D eigenvalue weighted by Gasteiger charge is 2.36. The van der Waals surface area contributed by atoms with Gasteiger partial charge in [0.05, 0.1) is 11.9 Å². The summed E-state index contributed by atoms with van der Waals surface area (Å²) in [5.74, 6) is 3.05. The molecule has 3 heterocycles. The van der Waals surface area contributed by atoms with E-state index in [4.69, 9.17) is 19.6 Å². The lowest BCUT2D eigenvalue weighted by molar-refractivity contribution is 0.0739. The van der Waals surface area contributed by atoms with Gasteiger partial charge in [-0.2, -0.15) is 9.61 Å². The first-order chi connectivity index (χ1) is 20.7. The summed E-state index contributed by atoms with van der Waals surface area (Å²) in [6.45, 7) is 20.2. The van der Waals surface area contributed by atoms with Gasteiger partial charge in [-0.1, -0.05) is 58.2 Å². The van der Waals surface area contributed by atoms with E-state index in [2.05, 4.69) is 55.2 Å². The van der Waals surface area contributed by atoms with Gasteiger partial charge in [-0.15, -0.1) is 0 Å². The minimum Gasteiger partial charge on any atom is -0.384 e. The lowest BCUT2D eigenvalue weighted by atomic mass is 9.79. The molecule has 1 N–H and O–H groups in total. The smallest absolute Gasteiger partial charge is 0.165 e. The second kappa shape index (κ2) is 13.3. The highest BCUT2D eigenvalue weighted by atomic mass is 28.3. The van der Waals surface area contributed by atoms with Crippen molar-refractivity contribution >= 4 is 27.6 Å². The Morgan fingerprint density at radius 2 is 1.52 bits per heavy atom. The number of fused-ring (bicyclic) bond motifs is 3. The van der Waals surface area contributed by atoms with Crippen molar-refractivity contribution in [2.75, 3.05) is 31.6 Å². The normalized spacial score (nSPS) is 20.9. The summed E-state index contributed by atoms with van der Waals surface area (Å²) in [5.41, 5.74) is 3.52. The van der Waals surface area contributed by atoms with Crippen molar-refractivity contribution in [3.05, 3.63) is 42.0 Å². The first kappa shape index (κ1) is 33.3. The third-order valence-electron chi connectivity index (χ3n) is 9.29. The molecule has 2 bridgehead atoms. The van der Waals surface area contributed by atoms with Crippen LogP contribution >= 0.6 is 0 Å². The van der Waals surface area contributed by atoms with E-state index < -0.39 is 21.7 Å². The van der Waals surface area contributed by atoms with Gasteiger partial charge in [-0.25, -0.2) is 4.98 Å². The number of aliphatic hydroxyl groups is 1. The van der Waals surface area contributed by atoms with Gasteiger partial charge >= 0.3 is 0 Å². The van der Waals surface area contributed by atoms with Crippen LogP contribution in [0.25, 0.3) is 16.8 Å². The second-order valence-corrected chi connectivity index (χ2v) is 27.5. The first-order valence-corrected chi connectivity index (χ1v) is 24.1. The number of nitrogens with zero attached hydrogens (tertiary/aromatic N) is 5. The van der Waals surface area contributed by atoms with Crippen molar-refractivity contribution in [1.29, 1.82) is 0 Å². The number of pyridine rings is 1. The number of hydrogen-bond donors (Lipinski definition) is 1. The molecule has 10 heteroatoms. The van der Waals surface area contributed by atoms with Crippen LogP contribution in [0.5, 0.6) is 0 Å². The van der Waals surface area contributed by atoms with E-state index >= 15 is 0 Å². The number of aromatic nitrogens is 4. The fourth-order valence-corrected chi connectivity index (χ4v) is 8.06. The molecule has 0 saturated heterocycles. The minimum atomic E-state index is -1.21. The molecule has 242 valence electrons. The Morgan fingerprint density at radius 3 is 2.05 bits per heavy atom. The van der Waals surface area contributed by atoms with Gasteiger partial charge in [0.25, 0.3) is 0 Å². The Labute approximate surface area is 266 Å². The van der Waals surface area contributed by atoms with Crippen LogP contribution in [0.3, 0.4) is 0 Å². The second-order valence-electron chi connectivity index (χ2n) is 16.3. The summed E-state index contributed by atoms with van der Waals surface area (Å²) in [6, 6.07) is 8.42. The van der Waals surface area contributed by atoms with E-state index in [-0.39, 0.29) is 0 Å². The standard InChI is InChI=1S/C34H55N5O3Si2/c1-34(2,40)31-12-11-27(21-35-31)29-22-36-39-32(20-30(37-33(29)39)28-18-25-9-10-26(17-25)19-28)38(23-41-13-15-43(3,4)5)24-42-14-16-44(6,7)8/h11-12,20-22,25-26,28,40H,9-10,13-19,23-24H2,1-8H3/t25-,26?,28+/m0/s1. The molecule has 0 aromatic carbocycles. The molecule has 0 aliphatic heterocycles. The van der Waals surface area contributed by atoms with Crippen molar-refractivity contribution in [3.63, 3.8) is 0 Å². The highest BCUT2D eigenvalue weighted by Crippen LogP contribution is 2.48. The number of ether oxygens (including phenoxy) is 2. The fourth-order valence-electron chi connectivity index (χ4n) is 6.54. The van der Waals surface area contributed by atoms with Gasteiger partial charge in [-0.05, 0) is 63.1 Å². The molecule has 5 rings (SSSR count). The Balaban J connectivity index is 1.52. The molecule has 3 aromatic heterocycles. The lowest BCUT2D eigenvalue weighted by Crippen LogP contribution is -2.33. The zero-order chi connectivity index (χ0) is 31.7. The zero-order valence-electron chi connectivity index (χ0n) is 28.4. The number of anilines is 1. The quantitative estimate of drug-likeness (QED) is 0.110. The summed E-state index contributed by atoms with van der Waals surface area (Å²) in [6.07, 6.45) is 10.2. The topological polar surface area (TPSA) is 85.0 Å². The maximum absolute atomic E-state index is 10.5. The maximum atomic E-state index is 10.5. The predicted molar refractivity (Wildman–Crippen MR) is 185 cm³/mol. The summed E-state index contributed by atoms with van der Waals surface area (Å²) in [5, 5.41) is 15.3. The van der Waals surface area contributed by atoms with Crippen LogP contribution in [-0.4, -0.2) is 67.5 Å². The van der Waals surface area contributed by atoms with E-state index in [0.29, 0.717) is 25.1 Å². The van der Waals surface area contributed by atoms with E-state index in [1.54, 1.807) is 13.8 Å². The van der Waals surface area contributed by atoms with Gasteiger partial charge in [-0.3, -0.25) is 4.98 Å². The van der Waals surface area contributed by atoms with Crippen LogP contribution in [0.4, 0.5) is 5.82 Å². The van der Waals surface area contributed by atoms with E-state index in [0.717, 1.165) is 65.4 Å². The molecule has 2 saturated carbocycles. The van der Waals surface area contributed by atoms with Crippen molar-refractivity contribution < 1.29 is 14.6 Å². The molecule has 8 nitrogen and oxygen atoms in total. The van der Waals surface area contributed by atoms with E-state index in [9.17, 15) is 5.11 Å². The molecule has 0 radical (unpaired) electrons. The molecule has 0 amide bonds. The molecule has 3 atom stereocenters.